The molecule has 0 unspecified atom stereocenters. The first-order valence-electron chi connectivity index (χ1n) is 12.0. The monoisotopic (exact) mass is 472 g/mol. The third-order valence-corrected chi connectivity index (χ3v) is 6.39. The van der Waals surface area contributed by atoms with Crippen molar-refractivity contribution >= 4 is 11.6 Å². The number of carbonyl (C=O) groups excluding carboxylic acids is 1. The largest absolute Gasteiger partial charge is 0.487 e. The first-order valence-corrected chi connectivity index (χ1v) is 12.0. The van der Waals surface area contributed by atoms with E-state index < -0.39 is 0 Å². The number of aromatic nitrogens is 2. The van der Waals surface area contributed by atoms with Crippen molar-refractivity contribution in [2.45, 2.75) is 39.0 Å². The number of piperidine rings is 1. The van der Waals surface area contributed by atoms with E-state index >= 15 is 0 Å². The minimum atomic E-state index is -0.211. The van der Waals surface area contributed by atoms with Crippen LogP contribution in [0.1, 0.15) is 40.0 Å². The van der Waals surface area contributed by atoms with Gasteiger partial charge in [-0.25, -0.2) is 9.37 Å². The van der Waals surface area contributed by atoms with Crippen molar-refractivity contribution in [3.8, 4) is 5.75 Å². The molecular weight excluding hydrogens is 443 g/mol. The summed E-state index contributed by atoms with van der Waals surface area (Å²) >= 11 is 0. The maximum absolute atomic E-state index is 13.1. The molecule has 6 nitrogen and oxygen atoms in total. The zero-order valence-electron chi connectivity index (χ0n) is 19.8. The highest BCUT2D eigenvalue weighted by Crippen LogP contribution is 2.17. The molecule has 1 N–H and O–H groups in total. The van der Waals surface area contributed by atoms with Crippen molar-refractivity contribution in [1.29, 1.82) is 0 Å². The van der Waals surface area contributed by atoms with Gasteiger partial charge in [0.05, 0.1) is 5.69 Å². The summed E-state index contributed by atoms with van der Waals surface area (Å²) in [4.78, 5) is 19.6. The molecular formula is C28H29FN4O2. The maximum atomic E-state index is 13.1. The van der Waals surface area contributed by atoms with Crippen LogP contribution in [-0.4, -0.2) is 39.3 Å². The third-order valence-electron chi connectivity index (χ3n) is 6.39. The van der Waals surface area contributed by atoms with E-state index in [4.69, 9.17) is 4.74 Å². The summed E-state index contributed by atoms with van der Waals surface area (Å²) in [5.41, 5.74) is 4.64. The number of pyridine rings is 1. The van der Waals surface area contributed by atoms with Crippen LogP contribution in [0.4, 0.5) is 4.39 Å². The van der Waals surface area contributed by atoms with E-state index in [-0.39, 0.29) is 17.8 Å². The summed E-state index contributed by atoms with van der Waals surface area (Å²) in [7, 11) is 0. The Kier molecular flexibility index (Phi) is 6.77. The average Bonchev–Trinajstić information content (AvgIpc) is 3.27. The lowest BCUT2D eigenvalue weighted by Gasteiger charge is -2.32. The predicted molar refractivity (Wildman–Crippen MR) is 133 cm³/mol. The van der Waals surface area contributed by atoms with Crippen LogP contribution in [0, 0.1) is 12.7 Å². The number of imidazole rings is 1. The number of nitrogens with zero attached hydrogens (tertiary/aromatic N) is 3. The van der Waals surface area contributed by atoms with Crippen LogP contribution in [0.3, 0.4) is 0 Å². The number of halogens is 1. The van der Waals surface area contributed by atoms with Gasteiger partial charge in [0.15, 0.2) is 0 Å². The molecule has 0 bridgehead atoms. The number of rotatable bonds is 7. The van der Waals surface area contributed by atoms with Crippen molar-refractivity contribution in [2.24, 2.45) is 0 Å². The molecule has 7 heteroatoms. The summed E-state index contributed by atoms with van der Waals surface area (Å²) in [6.45, 7) is 5.02. The van der Waals surface area contributed by atoms with E-state index in [1.807, 2.05) is 60.1 Å². The standard InChI is InChI=1S/C28H29FN4O2/c1-20-2-11-27-30-25(18-33(27)16-20)19-35-26-9-5-22(6-10-26)28(34)31-24-12-14-32(15-13-24)17-21-3-7-23(29)8-4-21/h2-11,16,18,24H,12-15,17,19H2,1H3,(H,31,34). The summed E-state index contributed by atoms with van der Waals surface area (Å²) in [6.07, 6.45) is 5.79. The van der Waals surface area contributed by atoms with Crippen molar-refractivity contribution < 1.29 is 13.9 Å². The van der Waals surface area contributed by atoms with Gasteiger partial charge >= 0.3 is 0 Å². The quantitative estimate of drug-likeness (QED) is 0.422. The van der Waals surface area contributed by atoms with Gasteiger partial charge in [0.2, 0.25) is 0 Å². The lowest BCUT2D eigenvalue weighted by molar-refractivity contribution is 0.0909. The van der Waals surface area contributed by atoms with Crippen molar-refractivity contribution in [3.05, 3.63) is 101 Å². The molecule has 180 valence electrons. The molecule has 0 aliphatic carbocycles. The zero-order chi connectivity index (χ0) is 24.2. The van der Waals surface area contributed by atoms with Crippen molar-refractivity contribution in [1.82, 2.24) is 19.6 Å². The Balaban J connectivity index is 1.08. The summed E-state index contributed by atoms with van der Waals surface area (Å²) in [6, 6.07) is 18.1. The van der Waals surface area contributed by atoms with Gasteiger partial charge in [0, 0.05) is 43.6 Å². The molecule has 2 aromatic carbocycles. The predicted octanol–water partition coefficient (Wildman–Crippen LogP) is 4.76. The van der Waals surface area contributed by atoms with Crippen LogP contribution in [0.25, 0.3) is 5.65 Å². The van der Waals surface area contributed by atoms with Gasteiger partial charge in [0.1, 0.15) is 23.8 Å². The molecule has 35 heavy (non-hydrogen) atoms. The van der Waals surface area contributed by atoms with Gasteiger partial charge in [-0.15, -0.1) is 0 Å². The van der Waals surface area contributed by atoms with Gasteiger partial charge in [-0.2, -0.15) is 0 Å². The fraction of sp³-hybridized carbons (Fsp3) is 0.286. The number of nitrogens with one attached hydrogen (secondary N) is 1. The number of aryl methyl sites for hydroxylation is 1. The highest BCUT2D eigenvalue weighted by molar-refractivity contribution is 5.94. The second-order valence-electron chi connectivity index (χ2n) is 9.17. The van der Waals surface area contributed by atoms with Gasteiger partial charge in [0.25, 0.3) is 5.91 Å². The topological polar surface area (TPSA) is 58.9 Å². The second-order valence-corrected chi connectivity index (χ2v) is 9.17. The lowest BCUT2D eigenvalue weighted by atomic mass is 10.0. The van der Waals surface area contributed by atoms with E-state index in [0.717, 1.165) is 49.4 Å². The molecule has 0 atom stereocenters. The molecule has 0 radical (unpaired) electrons. The molecule has 1 saturated heterocycles. The van der Waals surface area contributed by atoms with Crippen LogP contribution < -0.4 is 10.1 Å². The molecule has 1 aliphatic rings. The Labute approximate surface area is 204 Å². The first-order chi connectivity index (χ1) is 17.0. The molecule has 0 saturated carbocycles. The van der Waals surface area contributed by atoms with E-state index in [9.17, 15) is 9.18 Å². The Hall–Kier alpha value is -3.71. The van der Waals surface area contributed by atoms with Crippen LogP contribution in [0.2, 0.25) is 0 Å². The van der Waals surface area contributed by atoms with E-state index in [1.165, 1.54) is 17.7 Å². The summed E-state index contributed by atoms with van der Waals surface area (Å²) < 4.78 is 21.0. The second kappa shape index (κ2) is 10.3. The lowest BCUT2D eigenvalue weighted by Crippen LogP contribution is -2.44. The third kappa shape index (κ3) is 5.87. The van der Waals surface area contributed by atoms with Crippen molar-refractivity contribution in [2.75, 3.05) is 13.1 Å². The van der Waals surface area contributed by atoms with Crippen LogP contribution in [0.5, 0.6) is 5.75 Å². The molecule has 1 aliphatic heterocycles. The van der Waals surface area contributed by atoms with Gasteiger partial charge in [-0.05, 0) is 73.4 Å². The van der Waals surface area contributed by atoms with Crippen LogP contribution in [-0.2, 0) is 13.2 Å². The number of hydrogen-bond acceptors (Lipinski definition) is 4. The Morgan fingerprint density at radius 1 is 1.03 bits per heavy atom. The highest BCUT2D eigenvalue weighted by atomic mass is 19.1. The van der Waals surface area contributed by atoms with Crippen molar-refractivity contribution in [3.63, 3.8) is 0 Å². The Morgan fingerprint density at radius 2 is 1.77 bits per heavy atom. The molecule has 0 spiro atoms. The molecule has 4 aromatic rings. The van der Waals surface area contributed by atoms with Gasteiger partial charge in [-0.1, -0.05) is 18.2 Å². The maximum Gasteiger partial charge on any atom is 0.251 e. The highest BCUT2D eigenvalue weighted by Gasteiger charge is 2.21. The molecule has 5 rings (SSSR count). The number of ether oxygens (including phenoxy) is 1. The molecule has 1 fully saturated rings. The number of hydrogen-bond donors (Lipinski definition) is 1. The minimum Gasteiger partial charge on any atom is -0.487 e. The SMILES string of the molecule is Cc1ccc2nc(COc3ccc(C(=O)NC4CCN(Cc5ccc(F)cc5)CC4)cc3)cn2c1. The van der Waals surface area contributed by atoms with Crippen LogP contribution >= 0.6 is 0 Å². The Morgan fingerprint density at radius 3 is 2.51 bits per heavy atom. The van der Waals surface area contributed by atoms with Crippen LogP contribution in [0.15, 0.2) is 73.1 Å². The molecule has 3 heterocycles. The van der Waals surface area contributed by atoms with Gasteiger partial charge in [-0.3, -0.25) is 9.69 Å². The van der Waals surface area contributed by atoms with E-state index in [1.54, 1.807) is 12.1 Å². The van der Waals surface area contributed by atoms with E-state index in [2.05, 4.69) is 15.2 Å². The first kappa shape index (κ1) is 23.1. The Bertz CT molecular complexity index is 1290. The normalized spacial score (nSPS) is 14.8. The van der Waals surface area contributed by atoms with E-state index in [0.29, 0.717) is 17.9 Å². The number of fused-ring (bicyclic) bond motifs is 1. The fourth-order valence-electron chi connectivity index (χ4n) is 4.44. The minimum absolute atomic E-state index is 0.0655. The summed E-state index contributed by atoms with van der Waals surface area (Å²) in [5, 5.41) is 3.16. The molecule has 2 aromatic heterocycles. The number of carbonyl (C=O) groups is 1. The zero-order valence-corrected chi connectivity index (χ0v) is 19.8. The molecule has 1 amide bonds. The number of amides is 1. The number of likely N-dealkylation sites (tertiary alicyclic amines) is 1. The van der Waals surface area contributed by atoms with Gasteiger partial charge < -0.3 is 14.5 Å². The fourth-order valence-corrected chi connectivity index (χ4v) is 4.44. The smallest absolute Gasteiger partial charge is 0.251 e. The summed E-state index contributed by atoms with van der Waals surface area (Å²) in [5.74, 6) is 0.421. The average molecular weight is 473 g/mol. The number of benzene rings is 2.